The van der Waals surface area contributed by atoms with E-state index < -0.39 is 10.0 Å². The van der Waals surface area contributed by atoms with Gasteiger partial charge in [-0.15, -0.1) is 0 Å². The molecule has 0 fully saturated rings. The van der Waals surface area contributed by atoms with E-state index in [0.29, 0.717) is 18.7 Å². The minimum atomic E-state index is -3.60. The zero-order valence-corrected chi connectivity index (χ0v) is 17.4. The molecule has 0 aliphatic heterocycles. The van der Waals surface area contributed by atoms with Crippen LogP contribution in [0.15, 0.2) is 65.8 Å². The van der Waals surface area contributed by atoms with E-state index in [0.717, 1.165) is 22.8 Å². The molecule has 0 bridgehead atoms. The van der Waals surface area contributed by atoms with E-state index in [4.69, 9.17) is 0 Å². The lowest BCUT2D eigenvalue weighted by Gasteiger charge is -2.15. The second-order valence-corrected chi connectivity index (χ2v) is 8.83. The molecule has 1 heterocycles. The van der Waals surface area contributed by atoms with Gasteiger partial charge in [-0.1, -0.05) is 30.3 Å². The van der Waals surface area contributed by atoms with Crippen molar-refractivity contribution in [3.8, 4) is 0 Å². The van der Waals surface area contributed by atoms with E-state index in [2.05, 4.69) is 15.0 Å². The molecule has 6 nitrogen and oxygen atoms in total. The smallest absolute Gasteiger partial charge is 0.240 e. The van der Waals surface area contributed by atoms with Crippen LogP contribution in [0.3, 0.4) is 0 Å². The molecule has 2 N–H and O–H groups in total. The first kappa shape index (κ1) is 21.1. The summed E-state index contributed by atoms with van der Waals surface area (Å²) < 4.78 is 28.0. The van der Waals surface area contributed by atoms with E-state index in [1.54, 1.807) is 43.6 Å². The SMILES string of the molecule is CC(=O)c1ccc(CCNCC(C)NS(=O)(=O)c2ccc3cnccc3c2)cc1. The predicted octanol–water partition coefficient (Wildman–Crippen LogP) is 2.94. The Hall–Kier alpha value is -2.61. The number of sulfonamides is 1. The fraction of sp³-hybridized carbons (Fsp3) is 0.273. The normalized spacial score (nSPS) is 12.8. The van der Waals surface area contributed by atoms with Crippen molar-refractivity contribution in [2.24, 2.45) is 0 Å². The van der Waals surface area contributed by atoms with Crippen molar-refractivity contribution < 1.29 is 13.2 Å². The molecule has 0 saturated carbocycles. The van der Waals surface area contributed by atoms with Crippen LogP contribution < -0.4 is 10.0 Å². The number of carbonyl (C=O) groups excluding carboxylic acids is 1. The van der Waals surface area contributed by atoms with Gasteiger partial charge in [0.15, 0.2) is 5.78 Å². The summed E-state index contributed by atoms with van der Waals surface area (Å²) in [6, 6.07) is 14.1. The first-order valence-electron chi connectivity index (χ1n) is 9.52. The van der Waals surface area contributed by atoms with E-state index in [1.165, 1.54) is 0 Å². The molecule has 0 aliphatic rings. The molecule has 1 unspecified atom stereocenters. The van der Waals surface area contributed by atoms with Crippen molar-refractivity contribution in [2.45, 2.75) is 31.2 Å². The summed E-state index contributed by atoms with van der Waals surface area (Å²) >= 11 is 0. The highest BCUT2D eigenvalue weighted by Gasteiger charge is 2.17. The number of hydrogen-bond acceptors (Lipinski definition) is 5. The third-order valence-electron chi connectivity index (χ3n) is 4.68. The highest BCUT2D eigenvalue weighted by Crippen LogP contribution is 2.18. The summed E-state index contributed by atoms with van der Waals surface area (Å²) in [5, 5.41) is 5.01. The summed E-state index contributed by atoms with van der Waals surface area (Å²) in [6.07, 6.45) is 4.15. The first-order valence-corrected chi connectivity index (χ1v) is 11.0. The van der Waals surface area contributed by atoms with Crippen LogP contribution in [0.4, 0.5) is 0 Å². The van der Waals surface area contributed by atoms with Crippen LogP contribution in [0.5, 0.6) is 0 Å². The zero-order valence-electron chi connectivity index (χ0n) is 16.6. The Bertz CT molecular complexity index is 1100. The van der Waals surface area contributed by atoms with Gasteiger partial charge >= 0.3 is 0 Å². The zero-order chi connectivity index (χ0) is 20.9. The molecule has 0 spiro atoms. The lowest BCUT2D eigenvalue weighted by molar-refractivity contribution is 0.101. The summed E-state index contributed by atoms with van der Waals surface area (Å²) in [5.41, 5.74) is 1.83. The maximum Gasteiger partial charge on any atom is 0.240 e. The van der Waals surface area contributed by atoms with Crippen LogP contribution in [-0.4, -0.2) is 38.3 Å². The Morgan fingerprint density at radius 2 is 1.83 bits per heavy atom. The number of fused-ring (bicyclic) bond motifs is 1. The maximum absolute atomic E-state index is 12.6. The van der Waals surface area contributed by atoms with Gasteiger partial charge in [0.05, 0.1) is 4.90 Å². The topological polar surface area (TPSA) is 88.2 Å². The average Bonchev–Trinajstić information content (AvgIpc) is 2.71. The van der Waals surface area contributed by atoms with Gasteiger partial charge in [0.25, 0.3) is 0 Å². The molecular formula is C22H25N3O3S. The van der Waals surface area contributed by atoms with Gasteiger partial charge in [0, 0.05) is 35.9 Å². The summed E-state index contributed by atoms with van der Waals surface area (Å²) in [5.74, 6) is 0.0545. The number of ketones is 1. The standard InChI is InChI=1S/C22H25N3O3S/c1-16(14-23-11-9-18-3-5-19(6-4-18)17(2)26)25-29(27,28)22-8-7-21-15-24-12-10-20(21)13-22/h3-8,10,12-13,15-16,23,25H,9,11,14H2,1-2H3. The third kappa shape index (κ3) is 5.69. The van der Waals surface area contributed by atoms with Gasteiger partial charge in [-0.25, -0.2) is 13.1 Å². The number of pyridine rings is 1. The van der Waals surface area contributed by atoms with Crippen molar-refractivity contribution in [2.75, 3.05) is 13.1 Å². The molecule has 0 saturated heterocycles. The van der Waals surface area contributed by atoms with Gasteiger partial charge in [0.1, 0.15) is 0 Å². The minimum Gasteiger partial charge on any atom is -0.315 e. The highest BCUT2D eigenvalue weighted by molar-refractivity contribution is 7.89. The number of rotatable bonds is 9. The molecule has 0 radical (unpaired) electrons. The Balaban J connectivity index is 1.50. The highest BCUT2D eigenvalue weighted by atomic mass is 32.2. The van der Waals surface area contributed by atoms with Crippen LogP contribution in [0.1, 0.15) is 29.8 Å². The molecule has 1 aromatic heterocycles. The number of hydrogen-bond donors (Lipinski definition) is 2. The molecule has 0 amide bonds. The fourth-order valence-electron chi connectivity index (χ4n) is 3.06. The Morgan fingerprint density at radius 3 is 2.55 bits per heavy atom. The van der Waals surface area contributed by atoms with Crippen molar-refractivity contribution in [1.82, 2.24) is 15.0 Å². The van der Waals surface area contributed by atoms with Gasteiger partial charge < -0.3 is 5.32 Å². The van der Waals surface area contributed by atoms with Crippen molar-refractivity contribution in [1.29, 1.82) is 0 Å². The number of carbonyl (C=O) groups is 1. The Labute approximate surface area is 171 Å². The molecule has 3 aromatic rings. The van der Waals surface area contributed by atoms with E-state index in [9.17, 15) is 13.2 Å². The fourth-order valence-corrected chi connectivity index (χ4v) is 4.34. The molecular weight excluding hydrogens is 386 g/mol. The molecule has 1 atom stereocenters. The second-order valence-electron chi connectivity index (χ2n) is 7.11. The van der Waals surface area contributed by atoms with E-state index >= 15 is 0 Å². The summed E-state index contributed by atoms with van der Waals surface area (Å²) in [4.78, 5) is 15.6. The Morgan fingerprint density at radius 1 is 1.07 bits per heavy atom. The van der Waals surface area contributed by atoms with Crippen LogP contribution in [0.25, 0.3) is 10.8 Å². The Kier molecular flexibility index (Phi) is 6.74. The second kappa shape index (κ2) is 9.26. The monoisotopic (exact) mass is 411 g/mol. The van der Waals surface area contributed by atoms with Crippen LogP contribution in [0.2, 0.25) is 0 Å². The number of Topliss-reactive ketones (excluding diaryl/α,β-unsaturated/α-hetero) is 1. The van der Waals surface area contributed by atoms with E-state index in [-0.39, 0.29) is 16.7 Å². The number of nitrogens with zero attached hydrogens (tertiary/aromatic N) is 1. The minimum absolute atomic E-state index is 0.0545. The molecule has 152 valence electrons. The molecule has 29 heavy (non-hydrogen) atoms. The van der Waals surface area contributed by atoms with E-state index in [1.807, 2.05) is 31.2 Å². The molecule has 3 rings (SSSR count). The van der Waals surface area contributed by atoms with Gasteiger partial charge in [-0.3, -0.25) is 9.78 Å². The third-order valence-corrected chi connectivity index (χ3v) is 6.27. The number of nitrogens with one attached hydrogen (secondary N) is 2. The molecule has 0 aliphatic carbocycles. The average molecular weight is 412 g/mol. The quantitative estimate of drug-likeness (QED) is 0.418. The number of benzene rings is 2. The lowest BCUT2D eigenvalue weighted by atomic mass is 10.1. The van der Waals surface area contributed by atoms with Crippen molar-refractivity contribution in [3.05, 3.63) is 72.1 Å². The van der Waals surface area contributed by atoms with Gasteiger partial charge in [-0.05, 0) is 56.0 Å². The molecule has 2 aromatic carbocycles. The van der Waals surface area contributed by atoms with Gasteiger partial charge in [0.2, 0.25) is 10.0 Å². The predicted molar refractivity (Wildman–Crippen MR) is 115 cm³/mol. The van der Waals surface area contributed by atoms with Gasteiger partial charge in [-0.2, -0.15) is 0 Å². The summed E-state index contributed by atoms with van der Waals surface area (Å²) in [7, 11) is -3.60. The van der Waals surface area contributed by atoms with Crippen molar-refractivity contribution in [3.63, 3.8) is 0 Å². The number of aromatic nitrogens is 1. The lowest BCUT2D eigenvalue weighted by Crippen LogP contribution is -2.40. The molecule has 7 heteroatoms. The van der Waals surface area contributed by atoms with Crippen molar-refractivity contribution >= 4 is 26.6 Å². The first-order chi connectivity index (χ1) is 13.8. The van der Waals surface area contributed by atoms with Crippen LogP contribution >= 0.6 is 0 Å². The maximum atomic E-state index is 12.6. The largest absolute Gasteiger partial charge is 0.315 e. The summed E-state index contributed by atoms with van der Waals surface area (Å²) in [6.45, 7) is 4.61. The van der Waals surface area contributed by atoms with Crippen LogP contribution in [0, 0.1) is 0 Å². The van der Waals surface area contributed by atoms with Crippen LogP contribution in [-0.2, 0) is 16.4 Å².